The molecule has 3 rings (SSSR count). The van der Waals surface area contributed by atoms with Crippen LogP contribution in [0.4, 0.5) is 0 Å². The van der Waals surface area contributed by atoms with E-state index in [4.69, 9.17) is 4.74 Å². The smallest absolute Gasteiger partial charge is 0.243 e. The Balaban J connectivity index is 1.63. The third-order valence-corrected chi connectivity index (χ3v) is 6.74. The zero-order valence-corrected chi connectivity index (χ0v) is 13.9. The lowest BCUT2D eigenvalue weighted by Crippen LogP contribution is -3.18. The van der Waals surface area contributed by atoms with Gasteiger partial charge < -0.3 is 9.64 Å². The number of benzene rings is 1. The summed E-state index contributed by atoms with van der Waals surface area (Å²) in [5, 5.41) is 0. The number of rotatable bonds is 3. The van der Waals surface area contributed by atoms with Crippen LogP contribution in [0.15, 0.2) is 29.2 Å². The van der Waals surface area contributed by atoms with Gasteiger partial charge in [-0.3, -0.25) is 0 Å². The van der Waals surface area contributed by atoms with Gasteiger partial charge in [-0.2, -0.15) is 4.31 Å². The van der Waals surface area contributed by atoms with E-state index in [1.54, 1.807) is 21.3 Å². The molecule has 122 valence electrons. The summed E-state index contributed by atoms with van der Waals surface area (Å²) in [6, 6.07) is 7.72. The lowest BCUT2D eigenvalue weighted by molar-refractivity contribution is -0.934. The van der Waals surface area contributed by atoms with Crippen molar-refractivity contribution in [2.24, 2.45) is 0 Å². The molecule has 22 heavy (non-hydrogen) atoms. The van der Waals surface area contributed by atoms with Crippen molar-refractivity contribution in [2.45, 2.75) is 30.7 Å². The van der Waals surface area contributed by atoms with E-state index >= 15 is 0 Å². The van der Waals surface area contributed by atoms with Gasteiger partial charge in [-0.25, -0.2) is 8.42 Å². The van der Waals surface area contributed by atoms with Gasteiger partial charge in [0.15, 0.2) is 0 Å². The maximum Gasteiger partial charge on any atom is 0.243 e. The van der Waals surface area contributed by atoms with E-state index in [-0.39, 0.29) is 0 Å². The highest BCUT2D eigenvalue weighted by Crippen LogP contribution is 2.20. The van der Waals surface area contributed by atoms with Crippen LogP contribution in [0.25, 0.3) is 0 Å². The molecular formula is C16H25N2O3S+. The van der Waals surface area contributed by atoms with E-state index < -0.39 is 10.0 Å². The number of quaternary nitrogens is 1. The van der Waals surface area contributed by atoms with Crippen molar-refractivity contribution in [3.63, 3.8) is 0 Å². The average Bonchev–Trinajstić information content (AvgIpc) is 2.56. The van der Waals surface area contributed by atoms with E-state index in [2.05, 4.69) is 0 Å². The highest BCUT2D eigenvalue weighted by Gasteiger charge is 2.34. The van der Waals surface area contributed by atoms with Crippen LogP contribution in [-0.4, -0.2) is 58.2 Å². The molecular weight excluding hydrogens is 300 g/mol. The predicted molar refractivity (Wildman–Crippen MR) is 84.5 cm³/mol. The second-order valence-electron chi connectivity index (χ2n) is 6.26. The van der Waals surface area contributed by atoms with Gasteiger partial charge in [0.25, 0.3) is 0 Å². The molecule has 6 heteroatoms. The van der Waals surface area contributed by atoms with E-state index in [9.17, 15) is 8.42 Å². The molecule has 0 saturated carbocycles. The molecule has 1 aromatic carbocycles. The summed E-state index contributed by atoms with van der Waals surface area (Å²) in [6.45, 7) is 6.99. The van der Waals surface area contributed by atoms with Gasteiger partial charge in [0.05, 0.1) is 24.2 Å². The number of nitrogens with zero attached hydrogens (tertiary/aromatic N) is 1. The zero-order chi connectivity index (χ0) is 15.6. The molecule has 1 aromatic rings. The fourth-order valence-electron chi connectivity index (χ4n) is 3.41. The number of nitrogens with one attached hydrogen (secondary N) is 1. The minimum Gasteiger partial charge on any atom is -0.370 e. The summed E-state index contributed by atoms with van der Waals surface area (Å²) in [5.41, 5.74) is 1.08. The summed E-state index contributed by atoms with van der Waals surface area (Å²) < 4.78 is 32.4. The summed E-state index contributed by atoms with van der Waals surface area (Å²) in [5.74, 6) is 0. The monoisotopic (exact) mass is 325 g/mol. The van der Waals surface area contributed by atoms with Gasteiger partial charge in [0.2, 0.25) is 10.0 Å². The quantitative estimate of drug-likeness (QED) is 0.855. The van der Waals surface area contributed by atoms with Crippen molar-refractivity contribution in [3.8, 4) is 0 Å². The van der Waals surface area contributed by atoms with Gasteiger partial charge in [-0.1, -0.05) is 17.7 Å². The molecule has 0 atom stereocenters. The first kappa shape index (κ1) is 15.9. The molecule has 2 heterocycles. The number of piperidine rings is 1. The normalized spacial score (nSPS) is 22.8. The number of morpholine rings is 1. The maximum atomic E-state index is 12.7. The fourth-order valence-corrected chi connectivity index (χ4v) is 4.88. The summed E-state index contributed by atoms with van der Waals surface area (Å²) in [6.07, 6.45) is 1.89. The molecule has 2 fully saturated rings. The molecule has 0 spiro atoms. The first-order valence-corrected chi connectivity index (χ1v) is 9.50. The lowest BCUT2D eigenvalue weighted by Gasteiger charge is -2.37. The Kier molecular flexibility index (Phi) is 4.82. The highest BCUT2D eigenvalue weighted by molar-refractivity contribution is 7.89. The van der Waals surface area contributed by atoms with Crippen molar-refractivity contribution in [3.05, 3.63) is 29.8 Å². The van der Waals surface area contributed by atoms with Crippen LogP contribution in [0.2, 0.25) is 0 Å². The third-order valence-electron chi connectivity index (χ3n) is 4.83. The molecule has 2 saturated heterocycles. The van der Waals surface area contributed by atoms with Crippen molar-refractivity contribution in [1.82, 2.24) is 4.31 Å². The summed E-state index contributed by atoms with van der Waals surface area (Å²) in [7, 11) is -3.33. The molecule has 0 amide bonds. The predicted octanol–water partition coefficient (Wildman–Crippen LogP) is 0.0632. The van der Waals surface area contributed by atoms with E-state index in [0.29, 0.717) is 24.0 Å². The van der Waals surface area contributed by atoms with Crippen molar-refractivity contribution in [1.29, 1.82) is 0 Å². The van der Waals surface area contributed by atoms with Crippen LogP contribution in [0.1, 0.15) is 18.4 Å². The molecule has 2 aliphatic heterocycles. The van der Waals surface area contributed by atoms with Crippen molar-refractivity contribution in [2.75, 3.05) is 39.4 Å². The second kappa shape index (κ2) is 6.66. The van der Waals surface area contributed by atoms with E-state index in [1.165, 1.54) is 0 Å². The molecule has 0 aromatic heterocycles. The van der Waals surface area contributed by atoms with E-state index in [0.717, 1.165) is 44.7 Å². The van der Waals surface area contributed by atoms with Gasteiger partial charge >= 0.3 is 0 Å². The topological polar surface area (TPSA) is 51.0 Å². The molecule has 2 aliphatic rings. The Morgan fingerprint density at radius 2 is 1.68 bits per heavy atom. The van der Waals surface area contributed by atoms with Gasteiger partial charge in [-0.15, -0.1) is 0 Å². The molecule has 0 radical (unpaired) electrons. The highest BCUT2D eigenvalue weighted by atomic mass is 32.2. The first-order valence-electron chi connectivity index (χ1n) is 8.06. The largest absolute Gasteiger partial charge is 0.370 e. The van der Waals surface area contributed by atoms with Gasteiger partial charge in [-0.05, 0) is 19.1 Å². The second-order valence-corrected chi connectivity index (χ2v) is 8.20. The molecule has 0 bridgehead atoms. The Morgan fingerprint density at radius 3 is 2.27 bits per heavy atom. The minimum atomic E-state index is -3.33. The number of hydrogen-bond acceptors (Lipinski definition) is 3. The van der Waals surface area contributed by atoms with Crippen LogP contribution in [0.5, 0.6) is 0 Å². The number of ether oxygens (including phenoxy) is 1. The lowest BCUT2D eigenvalue weighted by atomic mass is 10.0. The van der Waals surface area contributed by atoms with Gasteiger partial charge in [0, 0.05) is 25.9 Å². The standard InChI is InChI=1S/C16H24N2O3S/c1-14-2-4-16(5-3-14)22(19,20)18-8-6-15(7-9-18)17-10-12-21-13-11-17/h2-5,15H,6-13H2,1H3/p+1. The Morgan fingerprint density at radius 1 is 1.09 bits per heavy atom. The molecule has 5 nitrogen and oxygen atoms in total. The molecule has 0 aliphatic carbocycles. The zero-order valence-electron chi connectivity index (χ0n) is 13.1. The molecule has 0 unspecified atom stereocenters. The average molecular weight is 325 g/mol. The third kappa shape index (κ3) is 3.35. The van der Waals surface area contributed by atoms with Crippen molar-refractivity contribution < 1.29 is 18.1 Å². The summed E-state index contributed by atoms with van der Waals surface area (Å²) in [4.78, 5) is 1.99. The van der Waals surface area contributed by atoms with Crippen LogP contribution in [0, 0.1) is 6.92 Å². The van der Waals surface area contributed by atoms with Gasteiger partial charge in [0.1, 0.15) is 13.1 Å². The SMILES string of the molecule is Cc1ccc(S(=O)(=O)N2CCC([NH+]3CCOCC3)CC2)cc1. The van der Waals surface area contributed by atoms with E-state index in [1.807, 2.05) is 19.1 Å². The van der Waals surface area contributed by atoms with Crippen LogP contribution < -0.4 is 4.90 Å². The van der Waals surface area contributed by atoms with Crippen LogP contribution in [0.3, 0.4) is 0 Å². The Labute approximate surface area is 132 Å². The minimum absolute atomic E-state index is 0.412. The molecule has 1 N–H and O–H groups in total. The summed E-state index contributed by atoms with van der Waals surface area (Å²) >= 11 is 0. The van der Waals surface area contributed by atoms with Crippen molar-refractivity contribution >= 4 is 10.0 Å². The number of aryl methyl sites for hydroxylation is 1. The first-order chi connectivity index (χ1) is 10.6. The fraction of sp³-hybridized carbons (Fsp3) is 0.625. The van der Waals surface area contributed by atoms with Crippen LogP contribution >= 0.6 is 0 Å². The maximum absolute atomic E-state index is 12.7. The number of hydrogen-bond donors (Lipinski definition) is 1. The van der Waals surface area contributed by atoms with Crippen LogP contribution in [-0.2, 0) is 14.8 Å². The Hall–Kier alpha value is -0.950. The number of sulfonamides is 1. The Bertz CT molecular complexity index is 586.